The number of rotatable bonds is 3. The number of likely N-dealkylation sites (tertiary alicyclic amines) is 1. The molecule has 0 aromatic carbocycles. The molecule has 0 bridgehead atoms. The summed E-state index contributed by atoms with van der Waals surface area (Å²) in [5.41, 5.74) is -0.112. The summed E-state index contributed by atoms with van der Waals surface area (Å²) < 4.78 is 0. The largest absolute Gasteiger partial charge is 0.393 e. The molecular weight excluding hydrogens is 194 g/mol. The molecule has 2 N–H and O–H groups in total. The predicted octanol–water partition coefficient (Wildman–Crippen LogP) is 1.49. The average Bonchev–Trinajstić information content (AvgIpc) is 1.98. The third-order valence-corrected chi connectivity index (χ3v) is 3.34. The van der Waals surface area contributed by atoms with Crippen LogP contribution >= 0.6 is 0 Å². The molecule has 0 aromatic heterocycles. The number of hydrogen-bond donors (Lipinski definition) is 2. The van der Waals surface area contributed by atoms with Gasteiger partial charge in [-0.15, -0.1) is 0 Å². The van der Waals surface area contributed by atoms with Crippen molar-refractivity contribution in [2.45, 2.75) is 57.7 Å². The van der Waals surface area contributed by atoms with Gasteiger partial charge in [-0.1, -0.05) is 0 Å². The molecule has 0 atom stereocenters. The van der Waals surface area contributed by atoms with Gasteiger partial charge in [0.15, 0.2) is 0 Å². The molecule has 15 heavy (non-hydrogen) atoms. The van der Waals surface area contributed by atoms with Crippen LogP contribution in [0.3, 0.4) is 0 Å². The second kappa shape index (κ2) is 4.37. The Kier molecular flexibility index (Phi) is 3.76. The molecule has 1 heterocycles. The van der Waals surface area contributed by atoms with E-state index in [2.05, 4.69) is 37.5 Å². The van der Waals surface area contributed by atoms with E-state index >= 15 is 0 Å². The van der Waals surface area contributed by atoms with Crippen molar-refractivity contribution in [1.29, 1.82) is 0 Å². The predicted molar refractivity (Wildman–Crippen MR) is 58.7 cm³/mol. The number of nitrogens with zero attached hydrogens (tertiary/aromatic N) is 1. The summed E-state index contributed by atoms with van der Waals surface area (Å²) in [6.45, 7) is 9.47. The number of aliphatic hydroxyl groups is 1. The van der Waals surface area contributed by atoms with Gasteiger partial charge in [0.2, 0.25) is 0 Å². The fourth-order valence-corrected chi connectivity index (χ4v) is 3.00. The van der Waals surface area contributed by atoms with E-state index in [1.54, 1.807) is 0 Å². The van der Waals surface area contributed by atoms with Crippen LogP contribution in [0.15, 0.2) is 0 Å². The molecule has 4 heteroatoms. The summed E-state index contributed by atoms with van der Waals surface area (Å²) in [4.78, 5) is 6.45. The quantitative estimate of drug-likeness (QED) is 0.555. The minimum atomic E-state index is -0.235. The van der Waals surface area contributed by atoms with Crippen molar-refractivity contribution >= 4 is 0 Å². The molecule has 0 aliphatic carbocycles. The van der Waals surface area contributed by atoms with Gasteiger partial charge >= 0.3 is 0 Å². The molecule has 4 nitrogen and oxygen atoms in total. The highest BCUT2D eigenvalue weighted by molar-refractivity contribution is 4.99. The molecule has 1 aliphatic heterocycles. The minimum Gasteiger partial charge on any atom is -0.393 e. The topological polar surface area (TPSA) is 52.9 Å². The van der Waals surface area contributed by atoms with Crippen molar-refractivity contribution in [1.82, 2.24) is 4.90 Å². The van der Waals surface area contributed by atoms with E-state index in [0.29, 0.717) is 13.2 Å². The SMILES string of the molecule is CC1(C)CC(O)CC(C)(C)N1CCOO. The molecule has 1 saturated heterocycles. The standard InChI is InChI=1S/C11H23NO3/c1-10(2)7-9(13)8-11(3,4)12(10)5-6-15-14/h9,13-14H,5-8H2,1-4H3. The number of hydrogen-bond acceptors (Lipinski definition) is 4. The second-order valence-corrected chi connectivity index (χ2v) is 5.67. The number of piperidine rings is 1. The fraction of sp³-hybridized carbons (Fsp3) is 1.00. The van der Waals surface area contributed by atoms with Crippen molar-refractivity contribution in [3.8, 4) is 0 Å². The van der Waals surface area contributed by atoms with Crippen molar-refractivity contribution in [3.05, 3.63) is 0 Å². The lowest BCUT2D eigenvalue weighted by Crippen LogP contribution is -2.62. The summed E-state index contributed by atoms with van der Waals surface area (Å²) in [5.74, 6) is 0. The summed E-state index contributed by atoms with van der Waals surface area (Å²) in [6.07, 6.45) is 1.30. The summed E-state index contributed by atoms with van der Waals surface area (Å²) >= 11 is 0. The summed E-state index contributed by atoms with van der Waals surface area (Å²) in [7, 11) is 0. The zero-order valence-corrected chi connectivity index (χ0v) is 10.2. The van der Waals surface area contributed by atoms with Crippen LogP contribution in [0.1, 0.15) is 40.5 Å². The normalized spacial score (nSPS) is 26.8. The maximum Gasteiger partial charge on any atom is 0.0947 e. The van der Waals surface area contributed by atoms with Gasteiger partial charge in [0, 0.05) is 17.6 Å². The van der Waals surface area contributed by atoms with E-state index in [9.17, 15) is 5.11 Å². The Labute approximate surface area is 91.8 Å². The van der Waals surface area contributed by atoms with Crippen LogP contribution in [0.2, 0.25) is 0 Å². The smallest absolute Gasteiger partial charge is 0.0947 e. The van der Waals surface area contributed by atoms with E-state index < -0.39 is 0 Å². The Hall–Kier alpha value is -0.160. The first kappa shape index (κ1) is 12.9. The highest BCUT2D eigenvalue weighted by Gasteiger charge is 2.44. The highest BCUT2D eigenvalue weighted by atomic mass is 17.1. The van der Waals surface area contributed by atoms with Gasteiger partial charge in [0.1, 0.15) is 0 Å². The lowest BCUT2D eigenvalue weighted by Gasteiger charge is -2.54. The Balaban J connectivity index is 2.77. The lowest BCUT2D eigenvalue weighted by molar-refractivity contribution is -0.249. The van der Waals surface area contributed by atoms with Gasteiger partial charge in [-0.25, -0.2) is 4.89 Å². The monoisotopic (exact) mass is 217 g/mol. The average molecular weight is 217 g/mol. The van der Waals surface area contributed by atoms with E-state index in [-0.39, 0.29) is 17.2 Å². The van der Waals surface area contributed by atoms with Crippen LogP contribution in [-0.4, -0.2) is 45.6 Å². The maximum absolute atomic E-state index is 9.82. The van der Waals surface area contributed by atoms with Crippen molar-refractivity contribution in [3.63, 3.8) is 0 Å². The third-order valence-electron chi connectivity index (χ3n) is 3.34. The van der Waals surface area contributed by atoms with Gasteiger partial charge < -0.3 is 5.11 Å². The molecule has 0 unspecified atom stereocenters. The van der Waals surface area contributed by atoms with Crippen LogP contribution in [0.5, 0.6) is 0 Å². The zero-order chi connectivity index (χ0) is 11.7. The highest BCUT2D eigenvalue weighted by Crippen LogP contribution is 2.37. The van der Waals surface area contributed by atoms with E-state index in [1.165, 1.54) is 0 Å². The lowest BCUT2D eigenvalue weighted by atomic mass is 9.78. The van der Waals surface area contributed by atoms with Crippen LogP contribution in [0.4, 0.5) is 0 Å². The van der Waals surface area contributed by atoms with E-state index in [1.807, 2.05) is 0 Å². The molecule has 0 radical (unpaired) electrons. The van der Waals surface area contributed by atoms with Crippen LogP contribution in [0, 0.1) is 0 Å². The number of aliphatic hydroxyl groups excluding tert-OH is 1. The van der Waals surface area contributed by atoms with Gasteiger partial charge in [-0.05, 0) is 40.5 Å². The third kappa shape index (κ3) is 2.91. The first-order valence-electron chi connectivity index (χ1n) is 5.52. The molecule has 0 amide bonds. The molecule has 0 spiro atoms. The van der Waals surface area contributed by atoms with Crippen LogP contribution < -0.4 is 0 Å². The Morgan fingerprint density at radius 3 is 2.07 bits per heavy atom. The first-order chi connectivity index (χ1) is 6.79. The van der Waals surface area contributed by atoms with Crippen molar-refractivity contribution in [2.75, 3.05) is 13.2 Å². The molecule has 0 aromatic rings. The summed E-state index contributed by atoms with van der Waals surface area (Å²) in [6, 6.07) is 0. The molecule has 1 fully saturated rings. The Bertz CT molecular complexity index is 198. The van der Waals surface area contributed by atoms with Gasteiger partial charge in [0.05, 0.1) is 12.7 Å². The van der Waals surface area contributed by atoms with Gasteiger partial charge in [0.25, 0.3) is 0 Å². The Morgan fingerprint density at radius 2 is 1.67 bits per heavy atom. The van der Waals surface area contributed by atoms with E-state index in [4.69, 9.17) is 5.26 Å². The van der Waals surface area contributed by atoms with Crippen molar-refractivity contribution < 1.29 is 15.3 Å². The fourth-order valence-electron chi connectivity index (χ4n) is 3.00. The first-order valence-corrected chi connectivity index (χ1v) is 5.52. The van der Waals surface area contributed by atoms with Crippen LogP contribution in [-0.2, 0) is 4.89 Å². The molecule has 1 rings (SSSR count). The van der Waals surface area contributed by atoms with Crippen LogP contribution in [0.25, 0.3) is 0 Å². The minimum absolute atomic E-state index is 0.0559. The summed E-state index contributed by atoms with van der Waals surface area (Å²) in [5, 5.41) is 18.2. The van der Waals surface area contributed by atoms with Crippen molar-refractivity contribution in [2.24, 2.45) is 0 Å². The zero-order valence-electron chi connectivity index (χ0n) is 10.2. The Morgan fingerprint density at radius 1 is 1.20 bits per heavy atom. The molecular formula is C11H23NO3. The van der Waals surface area contributed by atoms with Gasteiger partial charge in [-0.3, -0.25) is 10.2 Å². The van der Waals surface area contributed by atoms with Gasteiger partial charge in [-0.2, -0.15) is 0 Å². The van der Waals surface area contributed by atoms with E-state index in [0.717, 1.165) is 12.8 Å². The molecule has 0 saturated carbocycles. The maximum atomic E-state index is 9.82. The molecule has 90 valence electrons. The second-order valence-electron chi connectivity index (χ2n) is 5.67. The molecule has 1 aliphatic rings.